The summed E-state index contributed by atoms with van der Waals surface area (Å²) in [6.07, 6.45) is 1.93. The molecule has 4 rings (SSSR count). The second-order valence-corrected chi connectivity index (χ2v) is 7.53. The van der Waals surface area contributed by atoms with Gasteiger partial charge in [0.15, 0.2) is 0 Å². The fourth-order valence-corrected chi connectivity index (χ4v) is 4.43. The van der Waals surface area contributed by atoms with Gasteiger partial charge < -0.3 is 14.7 Å². The lowest BCUT2D eigenvalue weighted by molar-refractivity contribution is -0.145. The summed E-state index contributed by atoms with van der Waals surface area (Å²) in [5.41, 5.74) is 2.35. The number of hydrogen-bond acceptors (Lipinski definition) is 4. The maximum atomic E-state index is 13.1. The van der Waals surface area contributed by atoms with Crippen LogP contribution < -0.4 is 0 Å². The van der Waals surface area contributed by atoms with E-state index in [0.717, 1.165) is 29.4 Å². The Morgan fingerprint density at radius 3 is 2.67 bits per heavy atom. The third-order valence-corrected chi connectivity index (χ3v) is 5.82. The zero-order valence-electron chi connectivity index (χ0n) is 15.4. The third kappa shape index (κ3) is 3.41. The van der Waals surface area contributed by atoms with Gasteiger partial charge in [0.2, 0.25) is 0 Å². The minimum Gasteiger partial charge on any atom is -0.481 e. The van der Waals surface area contributed by atoms with Gasteiger partial charge in [-0.25, -0.2) is 0 Å². The number of nitrogens with zero attached hydrogens (tertiary/aromatic N) is 2. The standard InChI is InChI=1S/C21H24N2O4/c1-13-12-17(15-4-2-3-5-18(15)22-13)20(24)23-9-6-14(7-10-23)19-16(21(25)26)8-11-27-19/h2-5,12,14,16,19H,6-11H2,1H3,(H,25,26)/t16?,19-/m0/s1. The molecule has 0 saturated carbocycles. The number of pyridine rings is 1. The van der Waals surface area contributed by atoms with Crippen molar-refractivity contribution in [2.75, 3.05) is 19.7 Å². The molecule has 3 heterocycles. The maximum Gasteiger partial charge on any atom is 0.309 e. The van der Waals surface area contributed by atoms with Gasteiger partial charge in [0.05, 0.1) is 23.1 Å². The van der Waals surface area contributed by atoms with Crippen LogP contribution in [0.3, 0.4) is 0 Å². The molecule has 2 aliphatic heterocycles. The molecule has 1 amide bonds. The number of aliphatic carboxylic acids is 1. The summed E-state index contributed by atoms with van der Waals surface area (Å²) in [5.74, 6) is -0.954. The van der Waals surface area contributed by atoms with Crippen molar-refractivity contribution in [3.8, 4) is 0 Å². The minimum absolute atomic E-state index is 0.0253. The van der Waals surface area contributed by atoms with E-state index in [9.17, 15) is 14.7 Å². The SMILES string of the molecule is Cc1cc(C(=O)N2CCC([C@@H]3OCCC3C(=O)O)CC2)c2ccccc2n1. The van der Waals surface area contributed by atoms with Crippen molar-refractivity contribution in [2.24, 2.45) is 11.8 Å². The maximum absolute atomic E-state index is 13.1. The summed E-state index contributed by atoms with van der Waals surface area (Å²) in [7, 11) is 0. The number of ether oxygens (including phenoxy) is 1. The predicted molar refractivity (Wildman–Crippen MR) is 101 cm³/mol. The normalized spacial score (nSPS) is 23.7. The molecule has 1 N–H and O–H groups in total. The highest BCUT2D eigenvalue weighted by Gasteiger charge is 2.40. The second-order valence-electron chi connectivity index (χ2n) is 7.53. The Bertz CT molecular complexity index is 874. The monoisotopic (exact) mass is 368 g/mol. The van der Waals surface area contributed by atoms with Crippen LogP contribution in [0.25, 0.3) is 10.9 Å². The molecule has 2 atom stereocenters. The van der Waals surface area contributed by atoms with Crippen LogP contribution in [0, 0.1) is 18.8 Å². The first kappa shape index (κ1) is 17.9. The molecule has 6 nitrogen and oxygen atoms in total. The van der Waals surface area contributed by atoms with E-state index in [0.29, 0.717) is 31.7 Å². The van der Waals surface area contributed by atoms with Gasteiger partial charge >= 0.3 is 5.97 Å². The van der Waals surface area contributed by atoms with E-state index in [2.05, 4.69) is 4.98 Å². The number of benzene rings is 1. The van der Waals surface area contributed by atoms with Crippen molar-refractivity contribution < 1.29 is 19.4 Å². The van der Waals surface area contributed by atoms with Crippen molar-refractivity contribution in [1.29, 1.82) is 0 Å². The van der Waals surface area contributed by atoms with E-state index in [1.807, 2.05) is 42.2 Å². The highest BCUT2D eigenvalue weighted by Crippen LogP contribution is 2.34. The first-order valence-electron chi connectivity index (χ1n) is 9.54. The zero-order chi connectivity index (χ0) is 19.0. The van der Waals surface area contributed by atoms with Gasteiger partial charge in [-0.3, -0.25) is 14.6 Å². The number of aryl methyl sites for hydroxylation is 1. The van der Waals surface area contributed by atoms with Crippen molar-refractivity contribution in [1.82, 2.24) is 9.88 Å². The number of aromatic nitrogens is 1. The zero-order valence-corrected chi connectivity index (χ0v) is 15.4. The van der Waals surface area contributed by atoms with Gasteiger partial charge in [0, 0.05) is 30.8 Å². The quantitative estimate of drug-likeness (QED) is 0.901. The van der Waals surface area contributed by atoms with E-state index >= 15 is 0 Å². The summed E-state index contributed by atoms with van der Waals surface area (Å²) in [4.78, 5) is 30.9. The van der Waals surface area contributed by atoms with E-state index in [4.69, 9.17) is 4.74 Å². The molecule has 0 radical (unpaired) electrons. The van der Waals surface area contributed by atoms with Crippen LogP contribution in [0.15, 0.2) is 30.3 Å². The smallest absolute Gasteiger partial charge is 0.309 e. The molecule has 6 heteroatoms. The number of piperidine rings is 1. The van der Waals surface area contributed by atoms with E-state index < -0.39 is 11.9 Å². The molecule has 2 fully saturated rings. The molecule has 2 aliphatic rings. The first-order valence-corrected chi connectivity index (χ1v) is 9.54. The largest absolute Gasteiger partial charge is 0.481 e. The predicted octanol–water partition coefficient (Wildman–Crippen LogP) is 2.89. The van der Waals surface area contributed by atoms with Crippen molar-refractivity contribution in [2.45, 2.75) is 32.3 Å². The molecule has 0 bridgehead atoms. The molecule has 0 aliphatic carbocycles. The molecular formula is C21H24N2O4. The topological polar surface area (TPSA) is 79.7 Å². The van der Waals surface area contributed by atoms with Crippen molar-refractivity contribution >= 4 is 22.8 Å². The third-order valence-electron chi connectivity index (χ3n) is 5.82. The van der Waals surface area contributed by atoms with Crippen LogP contribution in [0.2, 0.25) is 0 Å². The molecule has 27 heavy (non-hydrogen) atoms. The van der Waals surface area contributed by atoms with Crippen molar-refractivity contribution in [3.63, 3.8) is 0 Å². The molecular weight excluding hydrogens is 344 g/mol. The average Bonchev–Trinajstić information content (AvgIpc) is 3.17. The van der Waals surface area contributed by atoms with Crippen LogP contribution in [0.5, 0.6) is 0 Å². The highest BCUT2D eigenvalue weighted by atomic mass is 16.5. The summed E-state index contributed by atoms with van der Waals surface area (Å²) < 4.78 is 5.73. The lowest BCUT2D eigenvalue weighted by atomic mass is 9.84. The van der Waals surface area contributed by atoms with Crippen LogP contribution >= 0.6 is 0 Å². The van der Waals surface area contributed by atoms with Gasteiger partial charge in [-0.15, -0.1) is 0 Å². The molecule has 1 unspecified atom stereocenters. The molecule has 2 aromatic rings. The van der Waals surface area contributed by atoms with Crippen LogP contribution in [0.1, 0.15) is 35.3 Å². The van der Waals surface area contributed by atoms with Crippen molar-refractivity contribution in [3.05, 3.63) is 41.6 Å². The first-order chi connectivity index (χ1) is 13.0. The Kier molecular flexibility index (Phi) is 4.83. The van der Waals surface area contributed by atoms with E-state index in [1.54, 1.807) is 0 Å². The number of carbonyl (C=O) groups excluding carboxylic acids is 1. The summed E-state index contributed by atoms with van der Waals surface area (Å²) in [6.45, 7) is 3.68. The number of amides is 1. The van der Waals surface area contributed by atoms with Gasteiger partial charge in [-0.2, -0.15) is 0 Å². The lowest BCUT2D eigenvalue weighted by Crippen LogP contribution is -2.43. The highest BCUT2D eigenvalue weighted by molar-refractivity contribution is 6.06. The second kappa shape index (κ2) is 7.27. The lowest BCUT2D eigenvalue weighted by Gasteiger charge is -2.35. The van der Waals surface area contributed by atoms with E-state index in [-0.39, 0.29) is 17.9 Å². The fraction of sp³-hybridized carbons (Fsp3) is 0.476. The minimum atomic E-state index is -0.769. The Hall–Kier alpha value is -2.47. The van der Waals surface area contributed by atoms with Crippen LogP contribution in [-0.4, -0.2) is 52.7 Å². The Balaban J connectivity index is 1.49. The summed E-state index contributed by atoms with van der Waals surface area (Å²) in [5, 5.41) is 10.3. The van der Waals surface area contributed by atoms with Gasteiger partial charge in [0.1, 0.15) is 0 Å². The Labute approximate surface area is 158 Å². The van der Waals surface area contributed by atoms with Gasteiger partial charge in [-0.1, -0.05) is 18.2 Å². The number of para-hydroxylation sites is 1. The van der Waals surface area contributed by atoms with Gasteiger partial charge in [0.25, 0.3) is 5.91 Å². The molecule has 0 spiro atoms. The number of likely N-dealkylation sites (tertiary alicyclic amines) is 1. The summed E-state index contributed by atoms with van der Waals surface area (Å²) >= 11 is 0. The number of fused-ring (bicyclic) bond motifs is 1. The van der Waals surface area contributed by atoms with Crippen LogP contribution in [0.4, 0.5) is 0 Å². The average molecular weight is 368 g/mol. The molecule has 1 aromatic heterocycles. The van der Waals surface area contributed by atoms with E-state index in [1.165, 1.54) is 0 Å². The summed E-state index contributed by atoms with van der Waals surface area (Å²) in [6, 6.07) is 9.57. The molecule has 2 saturated heterocycles. The van der Waals surface area contributed by atoms with Crippen LogP contribution in [-0.2, 0) is 9.53 Å². The Morgan fingerprint density at radius 2 is 1.93 bits per heavy atom. The number of rotatable bonds is 3. The fourth-order valence-electron chi connectivity index (χ4n) is 4.43. The molecule has 1 aromatic carbocycles. The van der Waals surface area contributed by atoms with Gasteiger partial charge in [-0.05, 0) is 44.2 Å². The Morgan fingerprint density at radius 1 is 1.19 bits per heavy atom. The molecule has 142 valence electrons. The number of carboxylic acid groups (broad SMARTS) is 1. The number of carboxylic acids is 1. The number of hydrogen-bond donors (Lipinski definition) is 1. The number of carbonyl (C=O) groups is 2.